The van der Waals surface area contributed by atoms with E-state index in [-0.39, 0.29) is 0 Å². The molecule has 7 heteroatoms. The number of furan rings is 2. The minimum atomic E-state index is 0.562. The molecule has 14 rings (SSSR count). The number of fused-ring (bicyclic) bond motifs is 18. The average molecular weight is 781 g/mol. The second kappa shape index (κ2) is 11.8. The SMILES string of the molecule is N#Cc1ccc2c(c1)nc1c3oc4ccccc4c3c3[oH+]c4ccc(-n5c6ccccc6c6cc(-c7ccc8c(c7)c7ccccc7n8-c7ccccc7)ccc65)cc4c3n21. The molecule has 6 heterocycles. The first-order valence-electron chi connectivity index (χ1n) is 20.4. The lowest BCUT2D eigenvalue weighted by Crippen LogP contribution is -1.94. The van der Waals surface area contributed by atoms with Gasteiger partial charge in [-0.2, -0.15) is 5.26 Å². The molecule has 282 valence electrons. The Morgan fingerprint density at radius 1 is 0.508 bits per heavy atom. The molecule has 0 atom stereocenters. The highest BCUT2D eigenvalue weighted by Gasteiger charge is 2.28. The van der Waals surface area contributed by atoms with Crippen molar-refractivity contribution in [2.75, 3.05) is 0 Å². The molecule has 61 heavy (non-hydrogen) atoms. The van der Waals surface area contributed by atoms with E-state index in [1.807, 2.05) is 36.4 Å². The summed E-state index contributed by atoms with van der Waals surface area (Å²) in [7, 11) is 0. The predicted octanol–water partition coefficient (Wildman–Crippen LogP) is 14.1. The Morgan fingerprint density at radius 2 is 1.13 bits per heavy atom. The van der Waals surface area contributed by atoms with Gasteiger partial charge in [-0.3, -0.25) is 4.40 Å². The summed E-state index contributed by atoms with van der Waals surface area (Å²) in [5.41, 5.74) is 16.3. The fourth-order valence-electron chi connectivity index (χ4n) is 10.1. The van der Waals surface area contributed by atoms with Crippen LogP contribution >= 0.6 is 0 Å². The van der Waals surface area contributed by atoms with Gasteiger partial charge in [-0.1, -0.05) is 84.9 Å². The van der Waals surface area contributed by atoms with Gasteiger partial charge in [-0.05, 0) is 96.1 Å². The maximum atomic E-state index is 9.76. The van der Waals surface area contributed by atoms with E-state index in [0.29, 0.717) is 16.8 Å². The molecule has 0 aliphatic carbocycles. The van der Waals surface area contributed by atoms with Crippen LogP contribution in [-0.4, -0.2) is 18.5 Å². The Hall–Kier alpha value is -8.60. The highest BCUT2D eigenvalue weighted by atomic mass is 16.3. The van der Waals surface area contributed by atoms with E-state index < -0.39 is 0 Å². The molecule has 0 saturated heterocycles. The van der Waals surface area contributed by atoms with Crippen LogP contribution in [-0.2, 0) is 0 Å². The Balaban J connectivity index is 1.000. The molecule has 7 nitrogen and oxygen atoms in total. The van der Waals surface area contributed by atoms with Crippen LogP contribution in [0.1, 0.15) is 5.56 Å². The Bertz CT molecular complexity index is 4250. The molecule has 0 aliphatic rings. The van der Waals surface area contributed by atoms with Crippen LogP contribution in [0, 0.1) is 11.3 Å². The number of hydrogen-bond acceptors (Lipinski definition) is 3. The van der Waals surface area contributed by atoms with Crippen molar-refractivity contribution in [3.63, 3.8) is 0 Å². The van der Waals surface area contributed by atoms with Gasteiger partial charge in [0.05, 0.1) is 44.7 Å². The summed E-state index contributed by atoms with van der Waals surface area (Å²) in [6, 6.07) is 64.3. The lowest BCUT2D eigenvalue weighted by Gasteiger charge is -2.09. The smallest absolute Gasteiger partial charge is 0.298 e. The number of benzene rings is 8. The summed E-state index contributed by atoms with van der Waals surface area (Å²) in [6.07, 6.45) is 0. The maximum absolute atomic E-state index is 9.76. The van der Waals surface area contributed by atoms with Crippen molar-refractivity contribution in [3.8, 4) is 28.6 Å². The Morgan fingerprint density at radius 3 is 1.85 bits per heavy atom. The van der Waals surface area contributed by atoms with Gasteiger partial charge in [0.15, 0.2) is 16.7 Å². The van der Waals surface area contributed by atoms with Crippen molar-refractivity contribution in [3.05, 3.63) is 181 Å². The molecule has 8 aromatic carbocycles. The molecule has 0 radical (unpaired) electrons. The molecule has 0 spiro atoms. The van der Waals surface area contributed by atoms with E-state index in [9.17, 15) is 5.26 Å². The monoisotopic (exact) mass is 780 g/mol. The van der Waals surface area contributed by atoms with Crippen molar-refractivity contribution in [1.29, 1.82) is 5.26 Å². The van der Waals surface area contributed by atoms with Gasteiger partial charge in [0.25, 0.3) is 11.2 Å². The molecule has 1 N–H and O–H groups in total. The number of para-hydroxylation sites is 4. The quantitative estimate of drug-likeness (QED) is 0.168. The molecular formula is C54H30N5O2+. The zero-order valence-electron chi connectivity index (χ0n) is 32.3. The predicted molar refractivity (Wildman–Crippen MR) is 247 cm³/mol. The summed E-state index contributed by atoms with van der Waals surface area (Å²) in [5, 5.41) is 17.6. The molecule has 0 bridgehead atoms. The van der Waals surface area contributed by atoms with Gasteiger partial charge in [0, 0.05) is 44.4 Å². The average Bonchev–Trinajstić information content (AvgIpc) is 4.13. The van der Waals surface area contributed by atoms with Gasteiger partial charge in [0.2, 0.25) is 0 Å². The van der Waals surface area contributed by atoms with Gasteiger partial charge in [-0.25, -0.2) is 4.98 Å². The number of imidazole rings is 1. The van der Waals surface area contributed by atoms with Crippen molar-refractivity contribution in [1.82, 2.24) is 18.5 Å². The largest absolute Gasteiger partial charge is 0.544 e. The highest BCUT2D eigenvalue weighted by molar-refractivity contribution is 6.25. The van der Waals surface area contributed by atoms with Gasteiger partial charge < -0.3 is 18.0 Å². The Labute approximate surface area is 345 Å². The number of nitrogens with zero attached hydrogens (tertiary/aromatic N) is 5. The van der Waals surface area contributed by atoms with E-state index >= 15 is 0 Å². The third-order valence-corrected chi connectivity index (χ3v) is 12.7. The first-order chi connectivity index (χ1) is 30.2. The minimum absolute atomic E-state index is 0.562. The maximum Gasteiger partial charge on any atom is 0.298 e. The standard InChI is InChI=1S/C54H29N5O2/c55-30-31-18-22-47-42(26-31)56-54-53-50(38-14-6-9-17-48(38)61-53)52-51(59(47)54)41-29-35(21-25-49(41)60-52)58-44-16-8-5-13-37(44)40-28-33(20-24-46(40)58)32-19-23-45-39(27-32)36-12-4-7-15-43(36)57(45)34-10-2-1-3-11-34/h1-29H/p+1. The molecule has 0 saturated carbocycles. The van der Waals surface area contributed by atoms with E-state index in [1.165, 1.54) is 43.7 Å². The molecule has 14 aromatic rings. The van der Waals surface area contributed by atoms with Crippen molar-refractivity contribution in [2.45, 2.75) is 0 Å². The van der Waals surface area contributed by atoms with E-state index in [2.05, 4.69) is 159 Å². The van der Waals surface area contributed by atoms with Gasteiger partial charge >= 0.3 is 0 Å². The number of pyridine rings is 1. The first kappa shape index (κ1) is 32.4. The lowest BCUT2D eigenvalue weighted by atomic mass is 10.0. The van der Waals surface area contributed by atoms with E-state index in [0.717, 1.165) is 71.9 Å². The van der Waals surface area contributed by atoms with Crippen LogP contribution in [0.3, 0.4) is 0 Å². The Kier molecular flexibility index (Phi) is 6.24. The van der Waals surface area contributed by atoms with Crippen LogP contribution in [0.4, 0.5) is 0 Å². The molecule has 0 amide bonds. The van der Waals surface area contributed by atoms with Crippen molar-refractivity contribution in [2.24, 2.45) is 0 Å². The van der Waals surface area contributed by atoms with Crippen LogP contribution in [0.5, 0.6) is 0 Å². The number of rotatable bonds is 3. The number of hydrogen-bond donors (Lipinski definition) is 0. The van der Waals surface area contributed by atoms with Gasteiger partial charge in [-0.15, -0.1) is 0 Å². The zero-order valence-corrected chi connectivity index (χ0v) is 32.3. The van der Waals surface area contributed by atoms with Crippen LogP contribution in [0.25, 0.3) is 127 Å². The second-order valence-corrected chi connectivity index (χ2v) is 15.9. The topological polar surface area (TPSA) is 76.9 Å². The fourth-order valence-corrected chi connectivity index (χ4v) is 10.1. The van der Waals surface area contributed by atoms with Crippen LogP contribution in [0.15, 0.2) is 185 Å². The molecule has 0 aliphatic heterocycles. The molecule has 0 fully saturated rings. The summed E-state index contributed by atoms with van der Waals surface area (Å²) in [4.78, 5) is 5.10. The lowest BCUT2D eigenvalue weighted by molar-refractivity contribution is 0.662. The second-order valence-electron chi connectivity index (χ2n) is 15.9. The number of aromatic nitrogens is 4. The van der Waals surface area contributed by atoms with Crippen molar-refractivity contribution >= 4 is 104 Å². The summed E-state index contributed by atoms with van der Waals surface area (Å²) in [5.74, 6) is 0. The molecular weight excluding hydrogens is 751 g/mol. The third kappa shape index (κ3) is 4.32. The normalized spacial score (nSPS) is 12.2. The number of nitriles is 1. The molecule has 0 unspecified atom stereocenters. The van der Waals surface area contributed by atoms with Crippen molar-refractivity contribution < 1.29 is 8.83 Å². The minimum Gasteiger partial charge on any atom is -0.544 e. The third-order valence-electron chi connectivity index (χ3n) is 12.7. The molecule has 6 aromatic heterocycles. The summed E-state index contributed by atoms with van der Waals surface area (Å²) in [6.45, 7) is 0. The van der Waals surface area contributed by atoms with E-state index in [4.69, 9.17) is 13.8 Å². The van der Waals surface area contributed by atoms with Crippen LogP contribution in [0.2, 0.25) is 0 Å². The fraction of sp³-hybridized carbons (Fsp3) is 0. The highest BCUT2D eigenvalue weighted by Crippen LogP contribution is 2.44. The van der Waals surface area contributed by atoms with E-state index in [1.54, 1.807) is 0 Å². The zero-order chi connectivity index (χ0) is 39.9. The van der Waals surface area contributed by atoms with Crippen LogP contribution < -0.4 is 0 Å². The first-order valence-corrected chi connectivity index (χ1v) is 20.4. The van der Waals surface area contributed by atoms with Gasteiger partial charge in [0.1, 0.15) is 16.4 Å². The summed E-state index contributed by atoms with van der Waals surface area (Å²) >= 11 is 0. The summed E-state index contributed by atoms with van der Waals surface area (Å²) < 4.78 is 18.8.